The molecule has 0 spiro atoms. The van der Waals surface area contributed by atoms with Gasteiger partial charge < -0.3 is 15.6 Å². The van der Waals surface area contributed by atoms with Crippen molar-refractivity contribution in [3.05, 3.63) is 71.2 Å². The van der Waals surface area contributed by atoms with Gasteiger partial charge in [-0.15, -0.1) is 0 Å². The number of fused-ring (bicyclic) bond motifs is 1. The summed E-state index contributed by atoms with van der Waals surface area (Å²) in [5.74, 6) is 0.479. The van der Waals surface area contributed by atoms with Crippen molar-refractivity contribution < 1.29 is 18.3 Å². The molecule has 1 heterocycles. The maximum absolute atomic E-state index is 13.1. The smallest absolute Gasteiger partial charge is 0.243 e. The molecule has 0 aromatic heterocycles. The summed E-state index contributed by atoms with van der Waals surface area (Å²) in [6.07, 6.45) is -0.739. The largest absolute Gasteiger partial charge is 0.491 e. The number of β-amino-alcohol motifs (C(OH)–C–C–N with tert-alkyl or cyclic N) is 1. The van der Waals surface area contributed by atoms with Crippen LogP contribution in [0.15, 0.2) is 65.6 Å². The van der Waals surface area contributed by atoms with Gasteiger partial charge in [0.1, 0.15) is 24.3 Å². The summed E-state index contributed by atoms with van der Waals surface area (Å²) in [6, 6.07) is 17.3. The number of halogens is 1. The fraction of sp³-hybridized carbons (Fsp3) is 0.292. The number of aliphatic hydroxyl groups is 1. The summed E-state index contributed by atoms with van der Waals surface area (Å²) < 4.78 is 33.4. The number of aliphatic hydroxyl groups excluding tert-OH is 1. The van der Waals surface area contributed by atoms with E-state index in [0.717, 1.165) is 10.8 Å². The van der Waals surface area contributed by atoms with Gasteiger partial charge in [0.25, 0.3) is 0 Å². The van der Waals surface area contributed by atoms with Gasteiger partial charge in [0.2, 0.25) is 10.0 Å². The second-order valence-electron chi connectivity index (χ2n) is 8.26. The Kier molecular flexibility index (Phi) is 7.39. The fourth-order valence-corrected chi connectivity index (χ4v) is 5.59. The van der Waals surface area contributed by atoms with Crippen LogP contribution < -0.4 is 10.5 Å². The topological polar surface area (TPSA) is 120 Å². The summed E-state index contributed by atoms with van der Waals surface area (Å²) in [7, 11) is -3.61. The number of hydrogen-bond donors (Lipinski definition) is 3. The molecule has 34 heavy (non-hydrogen) atoms. The monoisotopic (exact) mass is 502 g/mol. The summed E-state index contributed by atoms with van der Waals surface area (Å²) >= 11 is 6.02. The molecule has 0 amide bonds. The van der Waals surface area contributed by atoms with Crippen LogP contribution in [0.3, 0.4) is 0 Å². The summed E-state index contributed by atoms with van der Waals surface area (Å²) in [5, 5.41) is 20.2. The van der Waals surface area contributed by atoms with Crippen molar-refractivity contribution >= 4 is 38.2 Å². The van der Waals surface area contributed by atoms with Crippen molar-refractivity contribution in [2.45, 2.75) is 11.0 Å². The number of nitrogens with one attached hydrogen (secondary N) is 1. The van der Waals surface area contributed by atoms with Crippen LogP contribution in [0.25, 0.3) is 10.8 Å². The second-order valence-corrected chi connectivity index (χ2v) is 10.6. The summed E-state index contributed by atoms with van der Waals surface area (Å²) in [4.78, 5) is 2.28. The van der Waals surface area contributed by atoms with Crippen LogP contribution >= 0.6 is 11.6 Å². The van der Waals surface area contributed by atoms with Crippen LogP contribution in [-0.2, 0) is 10.0 Å². The zero-order valence-electron chi connectivity index (χ0n) is 18.5. The van der Waals surface area contributed by atoms with E-state index in [0.29, 0.717) is 49.1 Å². The number of benzene rings is 3. The Morgan fingerprint density at radius 1 is 1.06 bits per heavy atom. The first-order valence-corrected chi connectivity index (χ1v) is 12.7. The van der Waals surface area contributed by atoms with E-state index in [1.54, 1.807) is 54.6 Å². The molecule has 0 aliphatic carbocycles. The molecule has 3 aromatic rings. The van der Waals surface area contributed by atoms with E-state index in [4.69, 9.17) is 27.5 Å². The molecule has 180 valence electrons. The highest BCUT2D eigenvalue weighted by Gasteiger charge is 2.29. The Labute approximate surface area is 204 Å². The molecule has 0 bridgehead atoms. The zero-order valence-corrected chi connectivity index (χ0v) is 20.1. The molecule has 10 heteroatoms. The van der Waals surface area contributed by atoms with Gasteiger partial charge in [0.05, 0.1) is 4.90 Å². The highest BCUT2D eigenvalue weighted by Crippen LogP contribution is 2.25. The Hall–Kier alpha value is -2.69. The molecular formula is C24H27ClN4O4S. The van der Waals surface area contributed by atoms with Crippen molar-refractivity contribution in [2.24, 2.45) is 5.73 Å². The van der Waals surface area contributed by atoms with Gasteiger partial charge in [-0.3, -0.25) is 10.3 Å². The van der Waals surface area contributed by atoms with Crippen LogP contribution in [0, 0.1) is 5.41 Å². The molecule has 4 N–H and O–H groups in total. The number of ether oxygens (including phenoxy) is 1. The Bertz CT molecular complexity index is 1290. The van der Waals surface area contributed by atoms with Gasteiger partial charge in [-0.1, -0.05) is 35.9 Å². The maximum atomic E-state index is 13.1. The minimum atomic E-state index is -3.61. The third kappa shape index (κ3) is 5.68. The van der Waals surface area contributed by atoms with Crippen molar-refractivity contribution in [1.82, 2.24) is 9.21 Å². The highest BCUT2D eigenvalue weighted by molar-refractivity contribution is 7.89. The van der Waals surface area contributed by atoms with E-state index in [1.807, 2.05) is 11.0 Å². The van der Waals surface area contributed by atoms with E-state index < -0.39 is 16.1 Å². The maximum Gasteiger partial charge on any atom is 0.243 e. The molecule has 3 aromatic carbocycles. The standard InChI is InChI=1S/C24H27ClN4O4S/c25-20-6-4-18-14-23(7-5-17(18)12-20)34(31,32)29-10-8-28(9-11-29)15-21(30)16-33-22-3-1-2-19(13-22)24(26)27/h1-7,12-14,21,30H,8-11,15-16H2,(H3,26,27). The molecule has 4 rings (SSSR count). The molecule has 1 aliphatic rings. The number of nitrogens with zero attached hydrogens (tertiary/aromatic N) is 2. The predicted molar refractivity (Wildman–Crippen MR) is 133 cm³/mol. The normalized spacial score (nSPS) is 16.4. The second kappa shape index (κ2) is 10.3. The first-order chi connectivity index (χ1) is 16.2. The van der Waals surface area contributed by atoms with Gasteiger partial charge >= 0.3 is 0 Å². The van der Waals surface area contributed by atoms with E-state index in [2.05, 4.69) is 0 Å². The van der Waals surface area contributed by atoms with Gasteiger partial charge in [-0.2, -0.15) is 4.31 Å². The van der Waals surface area contributed by atoms with E-state index >= 15 is 0 Å². The minimum Gasteiger partial charge on any atom is -0.491 e. The molecular weight excluding hydrogens is 476 g/mol. The molecule has 1 aliphatic heterocycles. The van der Waals surface area contributed by atoms with Crippen molar-refractivity contribution in [3.8, 4) is 5.75 Å². The van der Waals surface area contributed by atoms with Crippen LogP contribution in [0.2, 0.25) is 5.02 Å². The van der Waals surface area contributed by atoms with Gasteiger partial charge in [-0.05, 0) is 47.2 Å². The first kappa shape index (κ1) is 24.4. The lowest BCUT2D eigenvalue weighted by molar-refractivity contribution is 0.0569. The van der Waals surface area contributed by atoms with Gasteiger partial charge in [0, 0.05) is 43.3 Å². The first-order valence-electron chi connectivity index (χ1n) is 10.9. The number of rotatable bonds is 8. The third-order valence-corrected chi connectivity index (χ3v) is 7.93. The number of nitrogens with two attached hydrogens (primary N) is 1. The Balaban J connectivity index is 1.30. The lowest BCUT2D eigenvalue weighted by Crippen LogP contribution is -2.50. The molecule has 1 atom stereocenters. The lowest BCUT2D eigenvalue weighted by Gasteiger charge is -2.34. The summed E-state index contributed by atoms with van der Waals surface area (Å²) in [6.45, 7) is 2.17. The predicted octanol–water partition coefficient (Wildman–Crippen LogP) is 2.52. The van der Waals surface area contributed by atoms with Gasteiger partial charge in [0.15, 0.2) is 0 Å². The van der Waals surface area contributed by atoms with Crippen LogP contribution in [0.4, 0.5) is 0 Å². The Morgan fingerprint density at radius 2 is 1.76 bits per heavy atom. The molecule has 1 fully saturated rings. The van der Waals surface area contributed by atoms with Crippen molar-refractivity contribution in [1.29, 1.82) is 5.41 Å². The number of piperazine rings is 1. The number of sulfonamides is 1. The number of hydrogen-bond acceptors (Lipinski definition) is 6. The van der Waals surface area contributed by atoms with E-state index in [1.165, 1.54) is 4.31 Å². The van der Waals surface area contributed by atoms with Crippen LogP contribution in [0.5, 0.6) is 5.75 Å². The van der Waals surface area contributed by atoms with Crippen LogP contribution in [0.1, 0.15) is 5.56 Å². The highest BCUT2D eigenvalue weighted by atomic mass is 35.5. The number of amidine groups is 1. The minimum absolute atomic E-state index is 0.0492. The Morgan fingerprint density at radius 3 is 2.50 bits per heavy atom. The average molecular weight is 503 g/mol. The summed E-state index contributed by atoms with van der Waals surface area (Å²) in [5.41, 5.74) is 6.05. The third-order valence-electron chi connectivity index (χ3n) is 5.80. The lowest BCUT2D eigenvalue weighted by atomic mass is 10.1. The fourth-order valence-electron chi connectivity index (χ4n) is 3.95. The van der Waals surface area contributed by atoms with Crippen molar-refractivity contribution in [2.75, 3.05) is 39.3 Å². The van der Waals surface area contributed by atoms with Crippen molar-refractivity contribution in [3.63, 3.8) is 0 Å². The van der Waals surface area contributed by atoms with E-state index in [9.17, 15) is 13.5 Å². The molecule has 1 unspecified atom stereocenters. The van der Waals surface area contributed by atoms with Crippen LogP contribution in [-0.4, -0.2) is 74.0 Å². The molecule has 1 saturated heterocycles. The zero-order chi connectivity index (χ0) is 24.3. The molecule has 8 nitrogen and oxygen atoms in total. The van der Waals surface area contributed by atoms with Gasteiger partial charge in [-0.25, -0.2) is 8.42 Å². The molecule has 0 saturated carbocycles. The number of nitrogen functional groups attached to an aromatic ring is 1. The SMILES string of the molecule is N=C(N)c1cccc(OCC(O)CN2CCN(S(=O)(=O)c3ccc4cc(Cl)ccc4c3)CC2)c1. The quantitative estimate of drug-likeness (QED) is 0.321. The molecule has 0 radical (unpaired) electrons. The van der Waals surface area contributed by atoms with E-state index in [-0.39, 0.29) is 17.3 Å². The average Bonchev–Trinajstić information content (AvgIpc) is 2.83.